The zero-order valence-corrected chi connectivity index (χ0v) is 11.7. The van der Waals surface area contributed by atoms with Crippen molar-refractivity contribution in [1.82, 2.24) is 9.80 Å². The third kappa shape index (κ3) is 5.67. The minimum atomic E-state index is -0.435. The molecule has 18 heavy (non-hydrogen) atoms. The Morgan fingerprint density at radius 1 is 1.17 bits per heavy atom. The average Bonchev–Trinajstić information content (AvgIpc) is 2.28. The van der Waals surface area contributed by atoms with Gasteiger partial charge in [0.1, 0.15) is 5.60 Å². The number of unbranched alkanes of at least 4 members (excludes halogenated alkanes) is 1. The number of amides is 1. The van der Waals surface area contributed by atoms with Crippen molar-refractivity contribution in [1.29, 1.82) is 0 Å². The Labute approximate surface area is 109 Å². The van der Waals surface area contributed by atoms with Crippen LogP contribution in [0, 0.1) is 0 Å². The lowest BCUT2D eigenvalue weighted by Crippen LogP contribution is -2.50. The lowest BCUT2D eigenvalue weighted by Gasteiger charge is -2.35. The topological polar surface area (TPSA) is 32.8 Å². The molecule has 5 heteroatoms. The van der Waals surface area contributed by atoms with Crippen LogP contribution >= 0.6 is 0 Å². The van der Waals surface area contributed by atoms with E-state index in [1.807, 2.05) is 20.8 Å². The van der Waals surface area contributed by atoms with Crippen LogP contribution in [-0.2, 0) is 4.74 Å². The minimum Gasteiger partial charge on any atom is -0.444 e. The van der Waals surface area contributed by atoms with Gasteiger partial charge < -0.3 is 9.64 Å². The normalized spacial score (nSPS) is 17.9. The highest BCUT2D eigenvalue weighted by molar-refractivity contribution is 5.68. The van der Waals surface area contributed by atoms with Crippen molar-refractivity contribution >= 4 is 6.09 Å². The zero-order valence-electron chi connectivity index (χ0n) is 11.7. The van der Waals surface area contributed by atoms with E-state index in [-0.39, 0.29) is 12.8 Å². The number of carbonyl (C=O) groups excluding carboxylic acids is 1. The molecule has 0 bridgehead atoms. The molecule has 1 aliphatic rings. The quantitative estimate of drug-likeness (QED) is 0.727. The molecule has 0 aromatic rings. The predicted octanol–water partition coefficient (Wildman–Crippen LogP) is 2.29. The van der Waals surface area contributed by atoms with Gasteiger partial charge in [-0.1, -0.05) is 0 Å². The SMILES string of the molecule is CC(C)(C)OC(=O)N1CCN(CCCCF)CC1. The van der Waals surface area contributed by atoms with Crippen LogP contribution in [0.2, 0.25) is 0 Å². The van der Waals surface area contributed by atoms with Gasteiger partial charge in [0, 0.05) is 26.2 Å². The second-order valence-electron chi connectivity index (χ2n) is 5.71. The molecule has 0 unspecified atom stereocenters. The third-order valence-corrected chi connectivity index (χ3v) is 2.88. The summed E-state index contributed by atoms with van der Waals surface area (Å²) >= 11 is 0. The first-order valence-corrected chi connectivity index (χ1v) is 6.68. The Morgan fingerprint density at radius 2 is 1.78 bits per heavy atom. The van der Waals surface area contributed by atoms with Gasteiger partial charge in [-0.2, -0.15) is 0 Å². The van der Waals surface area contributed by atoms with Crippen LogP contribution in [0.4, 0.5) is 9.18 Å². The molecule has 4 nitrogen and oxygen atoms in total. The van der Waals surface area contributed by atoms with Gasteiger partial charge >= 0.3 is 6.09 Å². The van der Waals surface area contributed by atoms with Gasteiger partial charge in [0.25, 0.3) is 0 Å². The lowest BCUT2D eigenvalue weighted by molar-refractivity contribution is 0.0144. The van der Waals surface area contributed by atoms with Crippen molar-refractivity contribution in [3.05, 3.63) is 0 Å². The first-order valence-electron chi connectivity index (χ1n) is 6.68. The van der Waals surface area contributed by atoms with Crippen molar-refractivity contribution < 1.29 is 13.9 Å². The second kappa shape index (κ2) is 6.92. The maximum absolute atomic E-state index is 12.0. The van der Waals surface area contributed by atoms with E-state index in [1.165, 1.54) is 0 Å². The third-order valence-electron chi connectivity index (χ3n) is 2.88. The van der Waals surface area contributed by atoms with Crippen molar-refractivity contribution in [2.75, 3.05) is 39.4 Å². The molecule has 0 aromatic carbocycles. The van der Waals surface area contributed by atoms with Crippen LogP contribution in [0.15, 0.2) is 0 Å². The Kier molecular flexibility index (Phi) is 5.85. The van der Waals surface area contributed by atoms with E-state index >= 15 is 0 Å². The van der Waals surface area contributed by atoms with Gasteiger partial charge in [0.15, 0.2) is 0 Å². The maximum atomic E-state index is 12.0. The highest BCUT2D eigenvalue weighted by atomic mass is 19.1. The van der Waals surface area contributed by atoms with Crippen molar-refractivity contribution in [2.45, 2.75) is 39.2 Å². The van der Waals surface area contributed by atoms with E-state index < -0.39 is 5.60 Å². The van der Waals surface area contributed by atoms with Gasteiger partial charge in [0.2, 0.25) is 0 Å². The van der Waals surface area contributed by atoms with E-state index in [0.717, 1.165) is 26.1 Å². The summed E-state index contributed by atoms with van der Waals surface area (Å²) in [4.78, 5) is 15.8. The number of piperazine rings is 1. The van der Waals surface area contributed by atoms with Crippen molar-refractivity contribution in [3.8, 4) is 0 Å². The number of nitrogens with zero attached hydrogens (tertiary/aromatic N) is 2. The van der Waals surface area contributed by atoms with Gasteiger partial charge in [0.05, 0.1) is 6.67 Å². The standard InChI is InChI=1S/C13H25FN2O2/c1-13(2,3)18-12(17)16-10-8-15(9-11-16)7-5-4-6-14/h4-11H2,1-3H3. The predicted molar refractivity (Wildman–Crippen MR) is 69.5 cm³/mol. The average molecular weight is 260 g/mol. The molecule has 0 radical (unpaired) electrons. The molecule has 1 aliphatic heterocycles. The Balaban J connectivity index is 2.24. The highest BCUT2D eigenvalue weighted by Gasteiger charge is 2.25. The Morgan fingerprint density at radius 3 is 2.28 bits per heavy atom. The molecule has 1 heterocycles. The summed E-state index contributed by atoms with van der Waals surface area (Å²) < 4.78 is 17.3. The fourth-order valence-corrected chi connectivity index (χ4v) is 1.91. The minimum absolute atomic E-state index is 0.231. The summed E-state index contributed by atoms with van der Waals surface area (Å²) in [7, 11) is 0. The zero-order chi connectivity index (χ0) is 13.6. The van der Waals surface area contributed by atoms with Crippen LogP contribution in [-0.4, -0.2) is 60.9 Å². The molecular weight excluding hydrogens is 235 g/mol. The van der Waals surface area contributed by atoms with Gasteiger partial charge in [-0.25, -0.2) is 4.79 Å². The number of hydrogen-bond donors (Lipinski definition) is 0. The number of rotatable bonds is 4. The van der Waals surface area contributed by atoms with E-state index in [2.05, 4.69) is 4.90 Å². The van der Waals surface area contributed by atoms with Crippen LogP contribution in [0.3, 0.4) is 0 Å². The Bertz CT molecular complexity index is 258. The number of ether oxygens (including phenoxy) is 1. The smallest absolute Gasteiger partial charge is 0.410 e. The monoisotopic (exact) mass is 260 g/mol. The fraction of sp³-hybridized carbons (Fsp3) is 0.923. The fourth-order valence-electron chi connectivity index (χ4n) is 1.91. The summed E-state index contributed by atoms with van der Waals surface area (Å²) in [6.45, 7) is 9.41. The van der Waals surface area contributed by atoms with E-state index in [0.29, 0.717) is 19.5 Å². The molecule has 1 fully saturated rings. The summed E-state index contributed by atoms with van der Waals surface area (Å²) in [5, 5.41) is 0. The van der Waals surface area contributed by atoms with Crippen LogP contribution < -0.4 is 0 Å². The summed E-state index contributed by atoms with van der Waals surface area (Å²) in [5.74, 6) is 0. The molecule has 0 aromatic heterocycles. The van der Waals surface area contributed by atoms with Crippen LogP contribution in [0.25, 0.3) is 0 Å². The molecule has 106 valence electrons. The summed E-state index contributed by atoms with van der Waals surface area (Å²) in [6.07, 6.45) is 1.29. The van der Waals surface area contributed by atoms with Gasteiger partial charge in [-0.05, 0) is 40.2 Å². The molecule has 0 N–H and O–H groups in total. The van der Waals surface area contributed by atoms with Gasteiger partial charge in [-0.15, -0.1) is 0 Å². The van der Waals surface area contributed by atoms with Crippen molar-refractivity contribution in [3.63, 3.8) is 0 Å². The largest absolute Gasteiger partial charge is 0.444 e. The van der Waals surface area contributed by atoms with E-state index in [1.54, 1.807) is 4.90 Å². The number of halogens is 1. The highest BCUT2D eigenvalue weighted by Crippen LogP contribution is 2.12. The number of carbonyl (C=O) groups is 1. The molecule has 1 rings (SSSR count). The Hall–Kier alpha value is -0.840. The van der Waals surface area contributed by atoms with Gasteiger partial charge in [-0.3, -0.25) is 9.29 Å². The molecule has 0 spiro atoms. The number of alkyl halides is 1. The number of hydrogen-bond acceptors (Lipinski definition) is 3. The molecule has 0 atom stereocenters. The second-order valence-corrected chi connectivity index (χ2v) is 5.71. The molecule has 1 amide bonds. The van der Waals surface area contributed by atoms with Crippen molar-refractivity contribution in [2.24, 2.45) is 0 Å². The van der Waals surface area contributed by atoms with Crippen LogP contribution in [0.1, 0.15) is 33.6 Å². The molecule has 1 saturated heterocycles. The summed E-state index contributed by atoms with van der Waals surface area (Å²) in [5.41, 5.74) is -0.435. The first kappa shape index (κ1) is 15.2. The van der Waals surface area contributed by atoms with Crippen LogP contribution in [0.5, 0.6) is 0 Å². The molecular formula is C13H25FN2O2. The molecule has 0 aliphatic carbocycles. The lowest BCUT2D eigenvalue weighted by atomic mass is 10.2. The molecule has 0 saturated carbocycles. The summed E-state index contributed by atoms with van der Waals surface area (Å²) in [6, 6.07) is 0. The van der Waals surface area contributed by atoms with E-state index in [9.17, 15) is 9.18 Å². The van der Waals surface area contributed by atoms with E-state index in [4.69, 9.17) is 4.74 Å². The first-order chi connectivity index (χ1) is 8.42. The maximum Gasteiger partial charge on any atom is 0.410 e.